The fourth-order valence-electron chi connectivity index (χ4n) is 3.77. The van der Waals surface area contributed by atoms with E-state index in [1.165, 1.54) is 20.1 Å². The standard InChI is InChI=1S/C21H21F3N4O4/c1-13-16(5-6-26-7-9-27(10-8-26)20(31)32-2)19(30)28(18(13)29)15-4-3-14(12-25)17(11-15)21(22,23)24/h3-4,11H,5-10H2,1-2H3. The van der Waals surface area contributed by atoms with Crippen LogP contribution in [0.4, 0.5) is 23.7 Å². The number of carbonyl (C=O) groups excluding carboxylic acids is 3. The van der Waals surface area contributed by atoms with Gasteiger partial charge in [0.25, 0.3) is 11.8 Å². The van der Waals surface area contributed by atoms with E-state index in [9.17, 15) is 27.6 Å². The lowest BCUT2D eigenvalue weighted by Crippen LogP contribution is -2.48. The highest BCUT2D eigenvalue weighted by molar-refractivity contribution is 6.32. The van der Waals surface area contributed by atoms with Crippen LogP contribution in [-0.2, 0) is 20.5 Å². The molecule has 1 fully saturated rings. The van der Waals surface area contributed by atoms with Crippen molar-refractivity contribution in [1.29, 1.82) is 5.26 Å². The minimum atomic E-state index is -4.80. The SMILES string of the molecule is COC(=O)N1CCN(CCC2=C(C)C(=O)N(c3ccc(C#N)c(C(F)(F)F)c3)C2=O)CC1. The van der Waals surface area contributed by atoms with Gasteiger partial charge in [-0.2, -0.15) is 18.4 Å². The van der Waals surface area contributed by atoms with Crippen LogP contribution in [0.25, 0.3) is 0 Å². The Bertz CT molecular complexity index is 1020. The molecule has 2 aliphatic heterocycles. The molecule has 1 saturated heterocycles. The van der Waals surface area contributed by atoms with E-state index in [0.29, 0.717) is 38.8 Å². The number of ether oxygens (including phenoxy) is 1. The van der Waals surface area contributed by atoms with Crippen molar-refractivity contribution in [3.8, 4) is 6.07 Å². The topological polar surface area (TPSA) is 93.9 Å². The van der Waals surface area contributed by atoms with Crippen molar-refractivity contribution >= 4 is 23.6 Å². The number of rotatable bonds is 4. The van der Waals surface area contributed by atoms with Crippen LogP contribution in [-0.4, -0.2) is 67.5 Å². The summed E-state index contributed by atoms with van der Waals surface area (Å²) in [6.45, 7) is 3.99. The molecule has 0 bridgehead atoms. The third kappa shape index (κ3) is 4.45. The lowest BCUT2D eigenvalue weighted by molar-refractivity contribution is -0.138. The smallest absolute Gasteiger partial charge is 0.417 e. The molecule has 2 heterocycles. The second-order valence-corrected chi connectivity index (χ2v) is 7.44. The Morgan fingerprint density at radius 1 is 1.16 bits per heavy atom. The number of nitriles is 1. The first-order chi connectivity index (χ1) is 15.1. The van der Waals surface area contributed by atoms with E-state index >= 15 is 0 Å². The van der Waals surface area contributed by atoms with E-state index in [-0.39, 0.29) is 23.3 Å². The van der Waals surface area contributed by atoms with Gasteiger partial charge < -0.3 is 9.64 Å². The zero-order valence-electron chi connectivity index (χ0n) is 17.5. The molecule has 0 aliphatic carbocycles. The van der Waals surface area contributed by atoms with Crippen molar-refractivity contribution in [3.05, 3.63) is 40.5 Å². The number of imide groups is 1. The number of methoxy groups -OCH3 is 1. The Labute approximate surface area is 182 Å². The van der Waals surface area contributed by atoms with E-state index in [0.717, 1.165) is 17.0 Å². The maximum atomic E-state index is 13.3. The van der Waals surface area contributed by atoms with E-state index in [2.05, 4.69) is 4.74 Å². The van der Waals surface area contributed by atoms with Gasteiger partial charge in [0.2, 0.25) is 0 Å². The van der Waals surface area contributed by atoms with Gasteiger partial charge in [-0.25, -0.2) is 9.69 Å². The van der Waals surface area contributed by atoms with Gasteiger partial charge in [-0.15, -0.1) is 0 Å². The lowest BCUT2D eigenvalue weighted by atomic mass is 10.1. The van der Waals surface area contributed by atoms with Gasteiger partial charge >= 0.3 is 12.3 Å². The Kier molecular flexibility index (Phi) is 6.55. The van der Waals surface area contributed by atoms with Crippen molar-refractivity contribution in [2.75, 3.05) is 44.7 Å². The second-order valence-electron chi connectivity index (χ2n) is 7.44. The first kappa shape index (κ1) is 23.3. The summed E-state index contributed by atoms with van der Waals surface area (Å²) >= 11 is 0. The van der Waals surface area contributed by atoms with Crippen molar-refractivity contribution in [1.82, 2.24) is 9.80 Å². The highest BCUT2D eigenvalue weighted by Gasteiger charge is 2.39. The average molecular weight is 450 g/mol. The van der Waals surface area contributed by atoms with Crippen LogP contribution in [0.5, 0.6) is 0 Å². The van der Waals surface area contributed by atoms with Crippen molar-refractivity contribution in [2.45, 2.75) is 19.5 Å². The third-order valence-corrected chi connectivity index (χ3v) is 5.61. The summed E-state index contributed by atoms with van der Waals surface area (Å²) in [5.41, 5.74) is -1.60. The summed E-state index contributed by atoms with van der Waals surface area (Å²) in [7, 11) is 1.31. The summed E-state index contributed by atoms with van der Waals surface area (Å²) in [6, 6.07) is 4.23. The number of anilines is 1. The minimum Gasteiger partial charge on any atom is -0.453 e. The van der Waals surface area contributed by atoms with Crippen LogP contribution in [0.1, 0.15) is 24.5 Å². The number of hydrogen-bond acceptors (Lipinski definition) is 6. The van der Waals surface area contributed by atoms with Crippen molar-refractivity contribution in [2.24, 2.45) is 0 Å². The number of carbonyl (C=O) groups is 3. The second kappa shape index (κ2) is 9.00. The van der Waals surface area contributed by atoms with Crippen molar-refractivity contribution < 1.29 is 32.3 Å². The van der Waals surface area contributed by atoms with Gasteiger partial charge in [0.1, 0.15) is 0 Å². The molecule has 3 rings (SSSR count). The molecule has 1 aromatic carbocycles. The monoisotopic (exact) mass is 450 g/mol. The molecular formula is C21H21F3N4O4. The zero-order chi connectivity index (χ0) is 23.6. The van der Waals surface area contributed by atoms with Crippen LogP contribution < -0.4 is 4.90 Å². The zero-order valence-corrected chi connectivity index (χ0v) is 17.5. The minimum absolute atomic E-state index is 0.182. The van der Waals surface area contributed by atoms with Gasteiger partial charge in [-0.05, 0) is 31.5 Å². The Morgan fingerprint density at radius 2 is 1.81 bits per heavy atom. The summed E-state index contributed by atoms with van der Waals surface area (Å²) in [5.74, 6) is -1.35. The largest absolute Gasteiger partial charge is 0.453 e. The molecular weight excluding hydrogens is 429 g/mol. The fourth-order valence-corrected chi connectivity index (χ4v) is 3.77. The quantitative estimate of drug-likeness (QED) is 0.655. The summed E-state index contributed by atoms with van der Waals surface area (Å²) in [4.78, 5) is 41.5. The fraction of sp³-hybridized carbons (Fsp3) is 0.429. The summed E-state index contributed by atoms with van der Waals surface area (Å²) < 4.78 is 44.6. The molecule has 0 saturated carbocycles. The molecule has 0 aromatic heterocycles. The number of nitrogens with zero attached hydrogens (tertiary/aromatic N) is 4. The molecule has 0 unspecified atom stereocenters. The molecule has 1 aromatic rings. The molecule has 170 valence electrons. The molecule has 2 aliphatic rings. The van der Waals surface area contributed by atoms with Gasteiger partial charge in [-0.1, -0.05) is 0 Å². The van der Waals surface area contributed by atoms with Crippen LogP contribution in [0, 0.1) is 11.3 Å². The molecule has 0 radical (unpaired) electrons. The molecule has 0 N–H and O–H groups in total. The van der Waals surface area contributed by atoms with Crippen LogP contribution >= 0.6 is 0 Å². The Hall–Kier alpha value is -3.39. The molecule has 8 nitrogen and oxygen atoms in total. The lowest BCUT2D eigenvalue weighted by Gasteiger charge is -2.33. The molecule has 0 spiro atoms. The first-order valence-corrected chi connectivity index (χ1v) is 9.83. The predicted octanol–water partition coefficient (Wildman–Crippen LogP) is 2.54. The van der Waals surface area contributed by atoms with E-state index < -0.39 is 35.2 Å². The van der Waals surface area contributed by atoms with Crippen LogP contribution in [0.2, 0.25) is 0 Å². The average Bonchev–Trinajstić information content (AvgIpc) is 2.99. The predicted molar refractivity (Wildman–Crippen MR) is 106 cm³/mol. The van der Waals surface area contributed by atoms with Crippen LogP contribution in [0.15, 0.2) is 29.3 Å². The number of alkyl halides is 3. The third-order valence-electron chi connectivity index (χ3n) is 5.61. The van der Waals surface area contributed by atoms with Gasteiger partial charge in [0, 0.05) is 43.9 Å². The normalized spacial score (nSPS) is 17.8. The maximum Gasteiger partial charge on any atom is 0.417 e. The molecule has 32 heavy (non-hydrogen) atoms. The number of benzene rings is 1. The maximum absolute atomic E-state index is 13.3. The number of hydrogen-bond donors (Lipinski definition) is 0. The highest BCUT2D eigenvalue weighted by atomic mass is 19.4. The molecule has 0 atom stereocenters. The van der Waals surface area contributed by atoms with Gasteiger partial charge in [0.15, 0.2) is 0 Å². The van der Waals surface area contributed by atoms with E-state index in [1.807, 2.05) is 4.90 Å². The number of amides is 3. The molecule has 3 amide bonds. The van der Waals surface area contributed by atoms with E-state index in [1.54, 1.807) is 4.90 Å². The number of piperazine rings is 1. The van der Waals surface area contributed by atoms with E-state index in [4.69, 9.17) is 5.26 Å². The van der Waals surface area contributed by atoms with Crippen LogP contribution in [0.3, 0.4) is 0 Å². The highest BCUT2D eigenvalue weighted by Crippen LogP contribution is 2.36. The van der Waals surface area contributed by atoms with Gasteiger partial charge in [0.05, 0.1) is 30.0 Å². The molecule has 11 heteroatoms. The van der Waals surface area contributed by atoms with Gasteiger partial charge in [-0.3, -0.25) is 14.5 Å². The Morgan fingerprint density at radius 3 is 2.38 bits per heavy atom. The number of halogens is 3. The Balaban J connectivity index is 1.72. The summed E-state index contributed by atoms with van der Waals surface area (Å²) in [6.07, 6.45) is -4.96. The van der Waals surface area contributed by atoms with Crippen molar-refractivity contribution in [3.63, 3.8) is 0 Å². The first-order valence-electron chi connectivity index (χ1n) is 9.83. The summed E-state index contributed by atoms with van der Waals surface area (Å²) in [5, 5.41) is 8.94.